The zero-order valence-electron chi connectivity index (χ0n) is 14.8. The molecular weight excluding hydrogens is 348 g/mol. The Kier molecular flexibility index (Phi) is 4.18. The van der Waals surface area contributed by atoms with E-state index in [1.54, 1.807) is 24.3 Å². The third-order valence-corrected chi connectivity index (χ3v) is 5.12. The van der Waals surface area contributed by atoms with Crippen LogP contribution in [0.4, 0.5) is 0 Å². The number of carbonyl (C=O) groups is 3. The van der Waals surface area contributed by atoms with E-state index in [1.165, 1.54) is 10.7 Å². The van der Waals surface area contributed by atoms with Gasteiger partial charge >= 0.3 is 5.97 Å². The molecule has 0 spiro atoms. The monoisotopic (exact) mass is 368 g/mol. The normalized spacial score (nSPS) is 24.1. The Morgan fingerprint density at radius 2 is 1.96 bits per heavy atom. The first-order valence-electron chi connectivity index (χ1n) is 8.93. The fourth-order valence-corrected chi connectivity index (χ4v) is 3.56. The number of carbonyl (C=O) groups excluding carboxylic acids is 2. The van der Waals surface area contributed by atoms with Gasteiger partial charge in [0.1, 0.15) is 5.69 Å². The van der Waals surface area contributed by atoms with Gasteiger partial charge in [-0.15, -0.1) is 0 Å². The van der Waals surface area contributed by atoms with Gasteiger partial charge < -0.3 is 15.3 Å². The van der Waals surface area contributed by atoms with Crippen LogP contribution in [-0.2, 0) is 4.79 Å². The van der Waals surface area contributed by atoms with Crippen molar-refractivity contribution in [1.29, 1.82) is 0 Å². The summed E-state index contributed by atoms with van der Waals surface area (Å²) in [4.78, 5) is 38.1. The van der Waals surface area contributed by atoms with Crippen molar-refractivity contribution < 1.29 is 19.5 Å². The molecule has 2 heterocycles. The van der Waals surface area contributed by atoms with Crippen LogP contribution in [0, 0.1) is 5.92 Å². The number of nitrogens with one attached hydrogen (secondary N) is 1. The maximum absolute atomic E-state index is 12.8. The molecule has 1 aliphatic carbocycles. The molecule has 2 fully saturated rings. The van der Waals surface area contributed by atoms with Crippen molar-refractivity contribution in [3.63, 3.8) is 0 Å². The number of aromatic nitrogens is 2. The highest BCUT2D eigenvalue weighted by molar-refractivity contribution is 5.97. The summed E-state index contributed by atoms with van der Waals surface area (Å²) < 4.78 is 1.32. The Balaban J connectivity index is 1.55. The molecule has 0 bridgehead atoms. The predicted molar refractivity (Wildman–Crippen MR) is 95.7 cm³/mol. The van der Waals surface area contributed by atoms with Gasteiger partial charge in [-0.3, -0.25) is 9.59 Å². The molecule has 0 radical (unpaired) electrons. The number of carboxylic acids is 1. The summed E-state index contributed by atoms with van der Waals surface area (Å²) in [5, 5.41) is 16.1. The molecule has 4 rings (SSSR count). The quantitative estimate of drug-likeness (QED) is 0.828. The van der Waals surface area contributed by atoms with E-state index >= 15 is 0 Å². The predicted octanol–water partition coefficient (Wildman–Crippen LogP) is 1.31. The highest BCUT2D eigenvalue weighted by Crippen LogP contribution is 2.37. The van der Waals surface area contributed by atoms with Gasteiger partial charge in [0.25, 0.3) is 5.91 Å². The first-order chi connectivity index (χ1) is 12.9. The van der Waals surface area contributed by atoms with E-state index in [0.29, 0.717) is 18.2 Å². The Morgan fingerprint density at radius 1 is 1.26 bits per heavy atom. The minimum atomic E-state index is -1.20. The van der Waals surface area contributed by atoms with Gasteiger partial charge in [-0.25, -0.2) is 9.48 Å². The molecule has 1 saturated carbocycles. The first-order valence-corrected chi connectivity index (χ1v) is 8.93. The number of benzene rings is 1. The lowest BCUT2D eigenvalue weighted by Gasteiger charge is -2.17. The fourth-order valence-electron chi connectivity index (χ4n) is 3.56. The molecule has 1 saturated heterocycles. The summed E-state index contributed by atoms with van der Waals surface area (Å²) in [6, 6.07) is 10.1. The van der Waals surface area contributed by atoms with E-state index in [0.717, 1.165) is 6.42 Å². The van der Waals surface area contributed by atoms with Crippen molar-refractivity contribution in [2.75, 3.05) is 6.54 Å². The third kappa shape index (κ3) is 3.30. The van der Waals surface area contributed by atoms with Crippen molar-refractivity contribution in [3.05, 3.63) is 47.8 Å². The number of nitrogens with zero attached hydrogens (tertiary/aromatic N) is 3. The lowest BCUT2D eigenvalue weighted by atomic mass is 10.2. The second kappa shape index (κ2) is 6.53. The molecule has 3 atom stereocenters. The van der Waals surface area contributed by atoms with Gasteiger partial charge in [0.2, 0.25) is 5.91 Å². The Morgan fingerprint density at radius 3 is 2.59 bits per heavy atom. The zero-order chi connectivity index (χ0) is 19.1. The molecule has 8 heteroatoms. The van der Waals surface area contributed by atoms with Crippen LogP contribution in [0.2, 0.25) is 0 Å². The van der Waals surface area contributed by atoms with E-state index in [-0.39, 0.29) is 35.8 Å². The third-order valence-electron chi connectivity index (χ3n) is 5.12. The van der Waals surface area contributed by atoms with Crippen LogP contribution in [0.15, 0.2) is 36.4 Å². The molecule has 2 aliphatic rings. The van der Waals surface area contributed by atoms with Gasteiger partial charge in [-0.2, -0.15) is 5.10 Å². The second-order valence-electron chi connectivity index (χ2n) is 7.17. The number of carboxylic acid groups (broad SMARTS) is 1. The maximum atomic E-state index is 12.8. The van der Waals surface area contributed by atoms with Crippen LogP contribution < -0.4 is 5.32 Å². The molecule has 0 unspecified atom stereocenters. The molecule has 2 aromatic rings. The van der Waals surface area contributed by atoms with E-state index in [9.17, 15) is 19.5 Å². The maximum Gasteiger partial charge on any atom is 0.356 e. The van der Waals surface area contributed by atoms with E-state index in [2.05, 4.69) is 17.3 Å². The lowest BCUT2D eigenvalue weighted by molar-refractivity contribution is -0.128. The fraction of sp³-hybridized carbons (Fsp3) is 0.368. The van der Waals surface area contributed by atoms with Gasteiger partial charge in [-0.1, -0.05) is 25.1 Å². The van der Waals surface area contributed by atoms with Crippen LogP contribution in [0.5, 0.6) is 0 Å². The Hall–Kier alpha value is -3.16. The van der Waals surface area contributed by atoms with E-state index < -0.39 is 11.9 Å². The van der Waals surface area contributed by atoms with Crippen LogP contribution in [0.25, 0.3) is 5.69 Å². The molecule has 27 heavy (non-hydrogen) atoms. The molecule has 1 aliphatic heterocycles. The minimum absolute atomic E-state index is 0.0532. The molecule has 1 aromatic carbocycles. The van der Waals surface area contributed by atoms with Crippen LogP contribution >= 0.6 is 0 Å². The molecular formula is C19H20N4O4. The summed E-state index contributed by atoms with van der Waals surface area (Å²) in [7, 11) is 0. The number of rotatable bonds is 5. The zero-order valence-corrected chi connectivity index (χ0v) is 14.8. The van der Waals surface area contributed by atoms with E-state index in [4.69, 9.17) is 0 Å². The van der Waals surface area contributed by atoms with Gasteiger partial charge in [0.15, 0.2) is 5.69 Å². The average molecular weight is 368 g/mol. The van der Waals surface area contributed by atoms with Crippen LogP contribution in [0.1, 0.15) is 40.7 Å². The number of hydrogen-bond donors (Lipinski definition) is 2. The number of aromatic carboxylic acids is 1. The number of hydrogen-bond acceptors (Lipinski definition) is 4. The highest BCUT2D eigenvalue weighted by atomic mass is 16.4. The van der Waals surface area contributed by atoms with Gasteiger partial charge in [0.05, 0.1) is 11.7 Å². The number of para-hydroxylation sites is 1. The van der Waals surface area contributed by atoms with E-state index in [1.807, 2.05) is 11.0 Å². The summed E-state index contributed by atoms with van der Waals surface area (Å²) in [5.74, 6) is -1.08. The summed E-state index contributed by atoms with van der Waals surface area (Å²) in [5.41, 5.74) is 0.510. The average Bonchev–Trinajstić information content (AvgIpc) is 3.06. The standard InChI is InChI=1S/C19H20N4O4/c1-11-7-15(11)22-10-12(8-17(22)24)20-18(25)16-9-14(19(26)27)21-23(16)13-5-3-2-4-6-13/h2-6,9,11-12,15H,7-8,10H2,1H3,(H,20,25)(H,26,27)/t11-,12-,15-/m1/s1. The van der Waals surface area contributed by atoms with Crippen molar-refractivity contribution in [2.45, 2.75) is 31.8 Å². The first kappa shape index (κ1) is 17.3. The second-order valence-corrected chi connectivity index (χ2v) is 7.17. The van der Waals surface area contributed by atoms with Gasteiger partial charge in [0, 0.05) is 25.1 Å². The number of likely N-dealkylation sites (tertiary alicyclic amines) is 1. The van der Waals surface area contributed by atoms with Crippen molar-refractivity contribution >= 4 is 17.8 Å². The summed E-state index contributed by atoms with van der Waals surface area (Å²) in [6.45, 7) is 2.60. The van der Waals surface area contributed by atoms with Crippen molar-refractivity contribution in [2.24, 2.45) is 5.92 Å². The Labute approximate surface area is 155 Å². The Bertz CT molecular complexity index is 908. The van der Waals surface area contributed by atoms with Gasteiger partial charge in [-0.05, 0) is 24.5 Å². The number of amides is 2. The lowest BCUT2D eigenvalue weighted by Crippen LogP contribution is -2.38. The van der Waals surface area contributed by atoms with Crippen LogP contribution in [0.3, 0.4) is 0 Å². The highest BCUT2D eigenvalue weighted by Gasteiger charge is 2.45. The SMILES string of the molecule is C[C@@H]1C[C@H]1N1C[C@H](NC(=O)c2cc(C(=O)O)nn2-c2ccccc2)CC1=O. The van der Waals surface area contributed by atoms with Crippen LogP contribution in [-0.4, -0.2) is 56.2 Å². The topological polar surface area (TPSA) is 105 Å². The largest absolute Gasteiger partial charge is 0.476 e. The molecule has 2 N–H and O–H groups in total. The van der Waals surface area contributed by atoms with Crippen molar-refractivity contribution in [3.8, 4) is 5.69 Å². The molecule has 140 valence electrons. The summed E-state index contributed by atoms with van der Waals surface area (Å²) >= 11 is 0. The molecule has 8 nitrogen and oxygen atoms in total. The van der Waals surface area contributed by atoms with Crippen molar-refractivity contribution in [1.82, 2.24) is 20.0 Å². The summed E-state index contributed by atoms with van der Waals surface area (Å²) in [6.07, 6.45) is 1.27. The molecule has 2 amide bonds. The minimum Gasteiger partial charge on any atom is -0.476 e. The molecule has 1 aromatic heterocycles. The smallest absolute Gasteiger partial charge is 0.356 e.